The van der Waals surface area contributed by atoms with E-state index in [1.54, 1.807) is 24.2 Å². The van der Waals surface area contributed by atoms with Crippen molar-refractivity contribution in [3.8, 4) is 17.4 Å². The molecule has 1 saturated heterocycles. The molecule has 3 aromatic rings. The minimum Gasteiger partial charge on any atom is -0.460 e. The Morgan fingerprint density at radius 3 is 2.69 bits per heavy atom. The van der Waals surface area contributed by atoms with Gasteiger partial charge in [0, 0.05) is 51.9 Å². The second-order valence-corrected chi connectivity index (χ2v) is 8.41. The molecule has 0 N–H and O–H groups in total. The number of carbonyl (C=O) groups excluding carboxylic acids is 1. The van der Waals surface area contributed by atoms with Crippen molar-refractivity contribution in [1.29, 1.82) is 0 Å². The van der Waals surface area contributed by atoms with Crippen molar-refractivity contribution in [2.45, 2.75) is 25.7 Å². The second kappa shape index (κ2) is 8.84. The molecule has 32 heavy (non-hydrogen) atoms. The maximum absolute atomic E-state index is 13.4. The molecule has 1 aliphatic carbocycles. The van der Waals surface area contributed by atoms with Crippen molar-refractivity contribution in [3.05, 3.63) is 47.6 Å². The molecule has 1 saturated carbocycles. The lowest BCUT2D eigenvalue weighted by Crippen LogP contribution is -2.49. The van der Waals surface area contributed by atoms with Gasteiger partial charge in [-0.05, 0) is 38.0 Å². The molecule has 0 spiro atoms. The third-order valence-electron chi connectivity index (χ3n) is 6.10. The fraction of sp³-hybridized carbons (Fsp3) is 0.478. The first-order valence-electron chi connectivity index (χ1n) is 11.1. The van der Waals surface area contributed by atoms with Crippen molar-refractivity contribution in [1.82, 2.24) is 29.5 Å². The Bertz CT molecular complexity index is 1090. The number of piperazine rings is 1. The van der Waals surface area contributed by atoms with Crippen LogP contribution in [0, 0.1) is 6.92 Å². The predicted octanol–water partition coefficient (Wildman–Crippen LogP) is 2.51. The van der Waals surface area contributed by atoms with Crippen LogP contribution in [0.15, 0.2) is 35.0 Å². The largest absolute Gasteiger partial charge is 0.460 e. The highest BCUT2D eigenvalue weighted by Crippen LogP contribution is 2.42. The van der Waals surface area contributed by atoms with Gasteiger partial charge in [0.2, 0.25) is 0 Å². The van der Waals surface area contributed by atoms with Crippen molar-refractivity contribution in [2.75, 3.05) is 46.4 Å². The van der Waals surface area contributed by atoms with Gasteiger partial charge in [0.1, 0.15) is 11.5 Å². The molecular weight excluding hydrogens is 408 g/mol. The molecule has 4 heterocycles. The van der Waals surface area contributed by atoms with Crippen LogP contribution < -0.4 is 0 Å². The topological polar surface area (TPSA) is 89.5 Å². The monoisotopic (exact) mass is 436 g/mol. The maximum Gasteiger partial charge on any atom is 0.257 e. The summed E-state index contributed by atoms with van der Waals surface area (Å²) in [5.74, 6) is 2.34. The van der Waals surface area contributed by atoms with Gasteiger partial charge < -0.3 is 14.1 Å². The van der Waals surface area contributed by atoms with Crippen LogP contribution >= 0.6 is 0 Å². The molecule has 1 aliphatic heterocycles. The van der Waals surface area contributed by atoms with Crippen LogP contribution in [0.25, 0.3) is 17.4 Å². The highest BCUT2D eigenvalue weighted by atomic mass is 16.5. The van der Waals surface area contributed by atoms with E-state index in [0.29, 0.717) is 48.6 Å². The Hall–Kier alpha value is -3.04. The number of rotatable bonds is 7. The van der Waals surface area contributed by atoms with E-state index in [1.807, 2.05) is 30.0 Å². The zero-order valence-electron chi connectivity index (χ0n) is 18.5. The Morgan fingerprint density at radius 2 is 2.00 bits per heavy atom. The van der Waals surface area contributed by atoms with Crippen molar-refractivity contribution in [3.63, 3.8) is 0 Å². The van der Waals surface area contributed by atoms with E-state index < -0.39 is 0 Å². The summed E-state index contributed by atoms with van der Waals surface area (Å²) in [7, 11) is 1.71. The van der Waals surface area contributed by atoms with Crippen LogP contribution in [0.1, 0.15) is 40.6 Å². The molecule has 0 atom stereocenters. The fourth-order valence-electron chi connectivity index (χ4n) is 4.16. The molecular formula is C23H28N6O3. The Morgan fingerprint density at radius 1 is 1.19 bits per heavy atom. The molecule has 9 nitrogen and oxygen atoms in total. The van der Waals surface area contributed by atoms with Gasteiger partial charge in [0.25, 0.3) is 11.9 Å². The molecule has 1 amide bonds. The van der Waals surface area contributed by atoms with Crippen molar-refractivity contribution >= 4 is 5.91 Å². The summed E-state index contributed by atoms with van der Waals surface area (Å²) in [6.45, 7) is 6.64. The van der Waals surface area contributed by atoms with Gasteiger partial charge in [0.05, 0.1) is 24.1 Å². The Balaban J connectivity index is 1.39. The number of furan rings is 1. The number of aromatic nitrogens is 4. The van der Waals surface area contributed by atoms with Crippen LogP contribution in [-0.2, 0) is 4.74 Å². The normalized spacial score (nSPS) is 17.1. The average Bonchev–Trinajstić information content (AvgIpc) is 3.41. The second-order valence-electron chi connectivity index (χ2n) is 8.41. The van der Waals surface area contributed by atoms with Crippen LogP contribution in [0.5, 0.6) is 0 Å². The summed E-state index contributed by atoms with van der Waals surface area (Å²) >= 11 is 0. The van der Waals surface area contributed by atoms with E-state index in [9.17, 15) is 4.79 Å². The third-order valence-corrected chi connectivity index (χ3v) is 6.10. The maximum atomic E-state index is 13.4. The van der Waals surface area contributed by atoms with E-state index in [2.05, 4.69) is 20.0 Å². The van der Waals surface area contributed by atoms with Gasteiger partial charge in [-0.1, -0.05) is 0 Å². The molecule has 2 fully saturated rings. The number of aryl methyl sites for hydroxylation is 1. The van der Waals surface area contributed by atoms with Gasteiger partial charge in [0.15, 0.2) is 5.76 Å². The van der Waals surface area contributed by atoms with E-state index >= 15 is 0 Å². The third kappa shape index (κ3) is 4.18. The average molecular weight is 437 g/mol. The van der Waals surface area contributed by atoms with Crippen molar-refractivity contribution < 1.29 is 13.9 Å². The van der Waals surface area contributed by atoms with E-state index in [-0.39, 0.29) is 5.91 Å². The number of nitrogens with zero attached hydrogens (tertiary/aromatic N) is 6. The highest BCUT2D eigenvalue weighted by Gasteiger charge is 2.35. The fourth-order valence-corrected chi connectivity index (χ4v) is 4.16. The molecule has 2 aliphatic rings. The minimum atomic E-state index is 0.0438. The number of carbonyl (C=O) groups is 1. The first kappa shape index (κ1) is 20.8. The predicted molar refractivity (Wildman–Crippen MR) is 118 cm³/mol. The number of methoxy groups -OCH3 is 1. The lowest BCUT2D eigenvalue weighted by atomic mass is 10.1. The molecule has 5 rings (SSSR count). The quantitative estimate of drug-likeness (QED) is 0.562. The van der Waals surface area contributed by atoms with Crippen molar-refractivity contribution in [2.24, 2.45) is 0 Å². The number of ether oxygens (including phenoxy) is 1. The number of hydrogen-bond donors (Lipinski definition) is 0. The lowest BCUT2D eigenvalue weighted by molar-refractivity contribution is 0.0593. The zero-order valence-corrected chi connectivity index (χ0v) is 18.5. The first-order valence-corrected chi connectivity index (χ1v) is 11.1. The van der Waals surface area contributed by atoms with Gasteiger partial charge >= 0.3 is 0 Å². The molecule has 0 unspecified atom stereocenters. The van der Waals surface area contributed by atoms with Gasteiger partial charge in [-0.3, -0.25) is 9.69 Å². The van der Waals surface area contributed by atoms with Gasteiger partial charge in [-0.25, -0.2) is 14.6 Å². The van der Waals surface area contributed by atoms with E-state index in [1.165, 1.54) is 0 Å². The molecule has 0 aromatic carbocycles. The number of amides is 1. The Kier molecular flexibility index (Phi) is 5.75. The lowest BCUT2D eigenvalue weighted by Gasteiger charge is -2.34. The van der Waals surface area contributed by atoms with Gasteiger partial charge in [-0.15, -0.1) is 0 Å². The van der Waals surface area contributed by atoms with Crippen LogP contribution in [0.4, 0.5) is 0 Å². The van der Waals surface area contributed by atoms with E-state index in [0.717, 1.165) is 43.9 Å². The van der Waals surface area contributed by atoms with E-state index in [4.69, 9.17) is 9.15 Å². The number of hydrogen-bond acceptors (Lipinski definition) is 7. The summed E-state index contributed by atoms with van der Waals surface area (Å²) in [6.07, 6.45) is 5.48. The summed E-state index contributed by atoms with van der Waals surface area (Å²) in [5, 5.41) is 4.55. The summed E-state index contributed by atoms with van der Waals surface area (Å²) in [6, 6.07) is 5.62. The minimum absolute atomic E-state index is 0.0438. The molecule has 9 heteroatoms. The molecule has 0 radical (unpaired) electrons. The SMILES string of the molecule is COCCN1CCN(C(=O)c2cnn(-c3nccc(-c4ccc(C)o4)n3)c2C2CC2)CC1. The van der Waals surface area contributed by atoms with Crippen LogP contribution in [0.3, 0.4) is 0 Å². The molecule has 0 bridgehead atoms. The summed E-state index contributed by atoms with van der Waals surface area (Å²) < 4.78 is 12.6. The molecule has 3 aromatic heterocycles. The summed E-state index contributed by atoms with van der Waals surface area (Å²) in [5.41, 5.74) is 2.28. The van der Waals surface area contributed by atoms with Crippen LogP contribution in [0.2, 0.25) is 0 Å². The Labute approximate surface area is 187 Å². The molecule has 168 valence electrons. The standard InChI is InChI=1S/C23H28N6O3/c1-16-3-6-20(32-16)19-7-8-24-23(26-19)29-21(17-4-5-17)18(15-25-29)22(30)28-11-9-27(10-12-28)13-14-31-2/h3,6-8,15,17H,4-5,9-14H2,1-2H3. The zero-order chi connectivity index (χ0) is 22.1. The van der Waals surface area contributed by atoms with Crippen LogP contribution in [-0.4, -0.2) is 81.9 Å². The van der Waals surface area contributed by atoms with Gasteiger partial charge in [-0.2, -0.15) is 5.10 Å². The smallest absolute Gasteiger partial charge is 0.257 e. The first-order chi connectivity index (χ1) is 15.6. The highest BCUT2D eigenvalue weighted by molar-refractivity contribution is 5.95. The summed E-state index contributed by atoms with van der Waals surface area (Å²) in [4.78, 5) is 26.8.